The normalized spacial score (nSPS) is 12.8. The summed E-state index contributed by atoms with van der Waals surface area (Å²) in [6.45, 7) is 8.54. The van der Waals surface area contributed by atoms with E-state index in [4.69, 9.17) is 17.3 Å². The number of nitrogens with two attached hydrogens (primary N) is 1. The molecule has 0 atom stereocenters. The minimum atomic E-state index is -0.403. The molecule has 0 unspecified atom stereocenters. The van der Waals surface area contributed by atoms with E-state index < -0.39 is 5.82 Å². The summed E-state index contributed by atoms with van der Waals surface area (Å²) in [5, 5.41) is 6.53. The lowest BCUT2D eigenvalue weighted by atomic mass is 10.0. The van der Waals surface area contributed by atoms with Gasteiger partial charge in [0.05, 0.1) is 5.71 Å². The van der Waals surface area contributed by atoms with Crippen LogP contribution in [0.25, 0.3) is 5.57 Å². The molecule has 0 aliphatic rings. The summed E-state index contributed by atoms with van der Waals surface area (Å²) >= 11 is 5.85. The highest BCUT2D eigenvalue weighted by atomic mass is 35.5. The fourth-order valence-electron chi connectivity index (χ4n) is 3.22. The first-order chi connectivity index (χ1) is 16.8. The molecular formula is C27H33ClFN5O. The number of aryl methyl sites for hydroxylation is 1. The van der Waals surface area contributed by atoms with Crippen LogP contribution in [0, 0.1) is 5.82 Å². The Bertz CT molecular complexity index is 1150. The number of anilines is 1. The quantitative estimate of drug-likeness (QED) is 0.214. The SMILES string of the molecule is C\C=C/N=C(Nc1ccc(C(=O)NCCCN)c(CC)c1)\C(C)=N\C=C(/C)c1ccc(Cl)cc1F. The van der Waals surface area contributed by atoms with Crippen molar-refractivity contribution in [2.24, 2.45) is 15.7 Å². The second kappa shape index (κ2) is 14.2. The van der Waals surface area contributed by atoms with E-state index >= 15 is 0 Å². The lowest BCUT2D eigenvalue weighted by Gasteiger charge is -2.13. The molecule has 2 rings (SSSR count). The fraction of sp³-hybridized carbons (Fsp3) is 0.296. The summed E-state index contributed by atoms with van der Waals surface area (Å²) in [5.74, 6) is 0.0163. The van der Waals surface area contributed by atoms with Gasteiger partial charge in [-0.15, -0.1) is 0 Å². The summed E-state index contributed by atoms with van der Waals surface area (Å²) in [6, 6.07) is 10.1. The van der Waals surface area contributed by atoms with Gasteiger partial charge >= 0.3 is 0 Å². The number of benzene rings is 2. The molecule has 0 heterocycles. The van der Waals surface area contributed by atoms with Crippen LogP contribution in [0.2, 0.25) is 5.02 Å². The highest BCUT2D eigenvalue weighted by molar-refractivity contribution is 6.45. The molecule has 0 saturated heterocycles. The average molecular weight is 498 g/mol. The van der Waals surface area contributed by atoms with Crippen LogP contribution >= 0.6 is 11.6 Å². The minimum absolute atomic E-state index is 0.113. The Hall–Kier alpha value is -3.29. The second-order valence-corrected chi connectivity index (χ2v) is 8.30. The number of hydrogen-bond acceptors (Lipinski definition) is 4. The zero-order valence-electron chi connectivity index (χ0n) is 20.7. The van der Waals surface area contributed by atoms with Crippen LogP contribution in [0.3, 0.4) is 0 Å². The van der Waals surface area contributed by atoms with Gasteiger partial charge in [0, 0.05) is 40.8 Å². The maximum atomic E-state index is 14.2. The van der Waals surface area contributed by atoms with Crippen LogP contribution < -0.4 is 16.4 Å². The predicted molar refractivity (Wildman–Crippen MR) is 146 cm³/mol. The van der Waals surface area contributed by atoms with Crippen molar-refractivity contribution in [3.05, 3.63) is 82.4 Å². The van der Waals surface area contributed by atoms with Gasteiger partial charge in [-0.1, -0.05) is 30.7 Å². The molecule has 2 aromatic rings. The van der Waals surface area contributed by atoms with Gasteiger partial charge in [0.2, 0.25) is 0 Å². The number of allylic oxidation sites excluding steroid dienone is 2. The molecule has 0 radical (unpaired) electrons. The standard InChI is InChI=1S/C27H33ClFN5O/c1-5-13-31-26(19(4)33-17-18(3)23-10-8-21(28)16-25(23)29)34-22-9-11-24(20(6-2)15-22)27(35)32-14-7-12-30/h5,8-11,13,15-17H,6-7,12,14,30H2,1-4H3,(H,31,34)(H,32,35)/b13-5-,18-17+,33-19+. The zero-order valence-corrected chi connectivity index (χ0v) is 21.4. The molecule has 1 amide bonds. The molecule has 4 N–H and O–H groups in total. The van der Waals surface area contributed by atoms with Gasteiger partial charge in [-0.05, 0) is 81.6 Å². The molecule has 186 valence electrons. The third-order valence-electron chi connectivity index (χ3n) is 5.16. The lowest BCUT2D eigenvalue weighted by Crippen LogP contribution is -2.27. The molecule has 2 aromatic carbocycles. The molecule has 0 aliphatic carbocycles. The van der Waals surface area contributed by atoms with Gasteiger partial charge in [-0.25, -0.2) is 9.38 Å². The second-order valence-electron chi connectivity index (χ2n) is 7.86. The van der Waals surface area contributed by atoms with Gasteiger partial charge in [-0.2, -0.15) is 0 Å². The lowest BCUT2D eigenvalue weighted by molar-refractivity contribution is 0.0952. The van der Waals surface area contributed by atoms with Gasteiger partial charge in [0.1, 0.15) is 5.82 Å². The number of carbonyl (C=O) groups is 1. The van der Waals surface area contributed by atoms with Gasteiger partial charge in [0.25, 0.3) is 5.91 Å². The Labute approximate surface area is 211 Å². The number of halogens is 2. The van der Waals surface area contributed by atoms with E-state index in [1.165, 1.54) is 6.07 Å². The number of hydrogen-bond donors (Lipinski definition) is 3. The molecule has 0 aromatic heterocycles. The summed E-state index contributed by atoms with van der Waals surface area (Å²) in [4.78, 5) is 21.5. The summed E-state index contributed by atoms with van der Waals surface area (Å²) < 4.78 is 14.2. The first-order valence-corrected chi connectivity index (χ1v) is 11.9. The molecule has 0 spiro atoms. The van der Waals surface area contributed by atoms with Crippen molar-refractivity contribution >= 4 is 40.3 Å². The molecule has 8 heteroatoms. The van der Waals surface area contributed by atoms with E-state index in [2.05, 4.69) is 20.6 Å². The molecule has 6 nitrogen and oxygen atoms in total. The van der Waals surface area contributed by atoms with Gasteiger partial charge in [-0.3, -0.25) is 9.79 Å². The van der Waals surface area contributed by atoms with Gasteiger partial charge in [0.15, 0.2) is 5.84 Å². The number of amides is 1. The van der Waals surface area contributed by atoms with E-state index in [1.54, 1.807) is 37.5 Å². The van der Waals surface area contributed by atoms with E-state index in [0.717, 1.165) is 17.7 Å². The highest BCUT2D eigenvalue weighted by Gasteiger charge is 2.12. The van der Waals surface area contributed by atoms with Crippen molar-refractivity contribution in [3.63, 3.8) is 0 Å². The van der Waals surface area contributed by atoms with Crippen LogP contribution in [0.5, 0.6) is 0 Å². The van der Waals surface area contributed by atoms with Crippen molar-refractivity contribution in [3.8, 4) is 0 Å². The van der Waals surface area contributed by atoms with Crippen molar-refractivity contribution < 1.29 is 9.18 Å². The van der Waals surface area contributed by atoms with Crippen LogP contribution in [-0.4, -0.2) is 30.5 Å². The predicted octanol–water partition coefficient (Wildman–Crippen LogP) is 5.99. The Morgan fingerprint density at radius 1 is 1.14 bits per heavy atom. The maximum Gasteiger partial charge on any atom is 0.251 e. The minimum Gasteiger partial charge on any atom is -0.352 e. The molecular weight excluding hydrogens is 465 g/mol. The number of carbonyl (C=O) groups excluding carboxylic acids is 1. The monoisotopic (exact) mass is 497 g/mol. The third-order valence-corrected chi connectivity index (χ3v) is 5.40. The molecule has 35 heavy (non-hydrogen) atoms. The molecule has 0 saturated carbocycles. The first kappa shape index (κ1) is 28.0. The van der Waals surface area contributed by atoms with Gasteiger partial charge < -0.3 is 16.4 Å². The van der Waals surface area contributed by atoms with Crippen molar-refractivity contribution in [2.75, 3.05) is 18.4 Å². The Morgan fingerprint density at radius 3 is 2.54 bits per heavy atom. The number of aliphatic imine (C=N–C) groups is 2. The topological polar surface area (TPSA) is 91.9 Å². The van der Waals surface area contributed by atoms with Crippen LogP contribution in [0.4, 0.5) is 10.1 Å². The first-order valence-electron chi connectivity index (χ1n) is 11.5. The fourth-order valence-corrected chi connectivity index (χ4v) is 3.38. The van der Waals surface area contributed by atoms with E-state index in [9.17, 15) is 9.18 Å². The van der Waals surface area contributed by atoms with Crippen molar-refractivity contribution in [1.29, 1.82) is 0 Å². The molecule has 0 fully saturated rings. The van der Waals surface area contributed by atoms with Crippen LogP contribution in [0.15, 0.2) is 64.9 Å². The number of rotatable bonds is 10. The average Bonchev–Trinajstić information content (AvgIpc) is 2.84. The summed E-state index contributed by atoms with van der Waals surface area (Å²) in [5.41, 5.74) is 9.52. The summed E-state index contributed by atoms with van der Waals surface area (Å²) in [7, 11) is 0. The number of nitrogens with one attached hydrogen (secondary N) is 2. The Morgan fingerprint density at radius 2 is 1.89 bits per heavy atom. The smallest absolute Gasteiger partial charge is 0.251 e. The van der Waals surface area contributed by atoms with Crippen molar-refractivity contribution in [2.45, 2.75) is 40.5 Å². The molecule has 0 bridgehead atoms. The largest absolute Gasteiger partial charge is 0.352 e. The Balaban J connectivity index is 2.28. The highest BCUT2D eigenvalue weighted by Crippen LogP contribution is 2.22. The summed E-state index contributed by atoms with van der Waals surface area (Å²) in [6.07, 6.45) is 6.50. The maximum absolute atomic E-state index is 14.2. The third kappa shape index (κ3) is 8.46. The Kier molecular flexibility index (Phi) is 11.3. The van der Waals surface area contributed by atoms with E-state index in [1.807, 2.05) is 39.0 Å². The van der Waals surface area contributed by atoms with Crippen molar-refractivity contribution in [1.82, 2.24) is 5.32 Å². The zero-order chi connectivity index (χ0) is 25.8. The van der Waals surface area contributed by atoms with Crippen LogP contribution in [-0.2, 0) is 6.42 Å². The number of nitrogens with zero attached hydrogens (tertiary/aromatic N) is 2. The molecule has 0 aliphatic heterocycles. The van der Waals surface area contributed by atoms with E-state index in [0.29, 0.717) is 52.8 Å². The van der Waals surface area contributed by atoms with Crippen LogP contribution in [0.1, 0.15) is 55.6 Å². The number of amidine groups is 1. The van der Waals surface area contributed by atoms with E-state index in [-0.39, 0.29) is 5.91 Å².